The molecule has 0 radical (unpaired) electrons. The first kappa shape index (κ1) is 26.0. The van der Waals surface area contributed by atoms with Crippen LogP contribution in [-0.4, -0.2) is 44.0 Å². The standard InChI is InChI=1S/C21H21Cl2N5O4S2/c1-3-7-28-17(10-32-16-8-13(22)5-6-15(16)23)26-27-21(28)34-12-18(29)25-20-24-14(11-33-20)9-19(30)31-4-2/h3,5-6,8,11H,1,4,7,9-10,12H2,2H3,(H,24,25,29). The molecule has 0 aliphatic carbocycles. The molecule has 0 unspecified atom stereocenters. The van der Waals surface area contributed by atoms with Gasteiger partial charge in [-0.25, -0.2) is 4.98 Å². The van der Waals surface area contributed by atoms with Crippen molar-refractivity contribution >= 4 is 63.3 Å². The van der Waals surface area contributed by atoms with Gasteiger partial charge in [0.2, 0.25) is 5.91 Å². The Hall–Kier alpha value is -2.60. The summed E-state index contributed by atoms with van der Waals surface area (Å²) >= 11 is 14.6. The number of hydrogen-bond donors (Lipinski definition) is 1. The minimum atomic E-state index is -0.361. The van der Waals surface area contributed by atoms with Crippen molar-refractivity contribution in [2.45, 2.75) is 31.7 Å². The summed E-state index contributed by atoms with van der Waals surface area (Å²) in [6, 6.07) is 4.94. The maximum Gasteiger partial charge on any atom is 0.311 e. The molecule has 2 aromatic heterocycles. The number of aromatic nitrogens is 4. The van der Waals surface area contributed by atoms with E-state index in [0.29, 0.717) is 50.8 Å². The van der Waals surface area contributed by atoms with Gasteiger partial charge in [-0.05, 0) is 19.1 Å². The van der Waals surface area contributed by atoms with Gasteiger partial charge in [0.05, 0.1) is 29.5 Å². The first-order valence-corrected chi connectivity index (χ1v) is 12.6. The molecule has 2 heterocycles. The molecule has 0 saturated heterocycles. The summed E-state index contributed by atoms with van der Waals surface area (Å²) in [5.41, 5.74) is 0.543. The Labute approximate surface area is 214 Å². The van der Waals surface area contributed by atoms with Crippen molar-refractivity contribution in [2.24, 2.45) is 0 Å². The molecular weight excluding hydrogens is 521 g/mol. The summed E-state index contributed by atoms with van der Waals surface area (Å²) in [6.45, 7) is 6.35. The molecule has 13 heteroatoms. The molecule has 0 aliphatic rings. The van der Waals surface area contributed by atoms with Crippen molar-refractivity contribution in [1.29, 1.82) is 0 Å². The lowest BCUT2D eigenvalue weighted by molar-refractivity contribution is -0.142. The van der Waals surface area contributed by atoms with Gasteiger partial charge in [0, 0.05) is 23.0 Å². The quantitative estimate of drug-likeness (QED) is 0.200. The first-order valence-electron chi connectivity index (χ1n) is 10.0. The highest BCUT2D eigenvalue weighted by atomic mass is 35.5. The summed E-state index contributed by atoms with van der Waals surface area (Å²) in [5.74, 6) is 0.436. The van der Waals surface area contributed by atoms with Crippen molar-refractivity contribution in [3.63, 3.8) is 0 Å². The lowest BCUT2D eigenvalue weighted by Gasteiger charge is -2.10. The third-order valence-corrected chi connectivity index (χ3v) is 6.44. The number of amides is 1. The number of nitrogens with one attached hydrogen (secondary N) is 1. The molecule has 0 saturated carbocycles. The summed E-state index contributed by atoms with van der Waals surface area (Å²) < 4.78 is 12.4. The van der Waals surface area contributed by atoms with Crippen molar-refractivity contribution in [3.05, 3.63) is 57.8 Å². The zero-order valence-corrected chi connectivity index (χ0v) is 21.3. The lowest BCUT2D eigenvalue weighted by atomic mass is 10.3. The van der Waals surface area contributed by atoms with Gasteiger partial charge >= 0.3 is 5.97 Å². The van der Waals surface area contributed by atoms with E-state index in [4.69, 9.17) is 32.7 Å². The fourth-order valence-electron chi connectivity index (χ4n) is 2.67. The van der Waals surface area contributed by atoms with E-state index >= 15 is 0 Å². The normalized spacial score (nSPS) is 10.7. The van der Waals surface area contributed by atoms with Crippen molar-refractivity contribution in [3.8, 4) is 5.75 Å². The highest BCUT2D eigenvalue weighted by molar-refractivity contribution is 7.99. The molecule has 0 aliphatic heterocycles. The predicted molar refractivity (Wildman–Crippen MR) is 133 cm³/mol. The van der Waals surface area contributed by atoms with E-state index in [2.05, 4.69) is 27.1 Å². The Kier molecular flexibility index (Phi) is 9.75. The number of benzene rings is 1. The molecule has 3 rings (SSSR count). The molecule has 34 heavy (non-hydrogen) atoms. The summed E-state index contributed by atoms with van der Waals surface area (Å²) in [7, 11) is 0. The molecule has 1 N–H and O–H groups in total. The SMILES string of the molecule is C=CCn1c(COc2cc(Cl)ccc2Cl)nnc1SCC(=O)Nc1nc(CC(=O)OCC)cs1. The van der Waals surface area contributed by atoms with E-state index in [1.54, 1.807) is 41.1 Å². The number of thioether (sulfide) groups is 1. The Bertz CT molecular complexity index is 1170. The van der Waals surface area contributed by atoms with Crippen LogP contribution in [0.25, 0.3) is 0 Å². The van der Waals surface area contributed by atoms with E-state index in [1.165, 1.54) is 23.1 Å². The molecule has 1 aromatic carbocycles. The van der Waals surface area contributed by atoms with Gasteiger partial charge in [0.25, 0.3) is 0 Å². The van der Waals surface area contributed by atoms with Crippen molar-refractivity contribution in [1.82, 2.24) is 19.7 Å². The zero-order valence-electron chi connectivity index (χ0n) is 18.1. The van der Waals surface area contributed by atoms with Gasteiger partial charge < -0.3 is 14.8 Å². The summed E-state index contributed by atoms with van der Waals surface area (Å²) in [5, 5.41) is 14.6. The molecule has 3 aromatic rings. The third kappa shape index (κ3) is 7.45. The topological polar surface area (TPSA) is 108 Å². The van der Waals surface area contributed by atoms with Crippen LogP contribution in [0.4, 0.5) is 5.13 Å². The van der Waals surface area contributed by atoms with Crippen LogP contribution in [0, 0.1) is 0 Å². The van der Waals surface area contributed by atoms with E-state index < -0.39 is 0 Å². The number of rotatable bonds is 12. The van der Waals surface area contributed by atoms with Gasteiger partial charge in [-0.2, -0.15) is 0 Å². The molecule has 0 fully saturated rings. The van der Waals surface area contributed by atoms with E-state index in [-0.39, 0.29) is 30.7 Å². The number of nitrogens with zero attached hydrogens (tertiary/aromatic N) is 4. The van der Waals surface area contributed by atoms with Gasteiger partial charge in [-0.3, -0.25) is 14.2 Å². The van der Waals surface area contributed by atoms with Gasteiger partial charge in [-0.15, -0.1) is 28.1 Å². The fourth-order valence-corrected chi connectivity index (χ4v) is 4.49. The Morgan fingerprint density at radius 3 is 2.91 bits per heavy atom. The lowest BCUT2D eigenvalue weighted by Crippen LogP contribution is -2.15. The number of hydrogen-bond acceptors (Lipinski definition) is 9. The largest absolute Gasteiger partial charge is 0.484 e. The molecule has 9 nitrogen and oxygen atoms in total. The molecule has 180 valence electrons. The Balaban J connectivity index is 1.57. The van der Waals surface area contributed by atoms with Crippen molar-refractivity contribution in [2.75, 3.05) is 17.7 Å². The van der Waals surface area contributed by atoms with E-state index in [9.17, 15) is 9.59 Å². The van der Waals surface area contributed by atoms with Crippen LogP contribution in [0.1, 0.15) is 18.4 Å². The monoisotopic (exact) mass is 541 g/mol. The minimum Gasteiger partial charge on any atom is -0.484 e. The smallest absolute Gasteiger partial charge is 0.311 e. The highest BCUT2D eigenvalue weighted by Crippen LogP contribution is 2.28. The average Bonchev–Trinajstić information content (AvgIpc) is 3.39. The van der Waals surface area contributed by atoms with Crippen LogP contribution in [0.15, 0.2) is 41.4 Å². The van der Waals surface area contributed by atoms with Crippen LogP contribution in [0.3, 0.4) is 0 Å². The molecule has 0 atom stereocenters. The predicted octanol–water partition coefficient (Wildman–Crippen LogP) is 4.64. The number of carbonyl (C=O) groups is 2. The fraction of sp³-hybridized carbons (Fsp3) is 0.286. The number of esters is 1. The van der Waals surface area contributed by atoms with Gasteiger partial charge in [0.15, 0.2) is 16.1 Å². The number of halogens is 2. The van der Waals surface area contributed by atoms with Gasteiger partial charge in [0.1, 0.15) is 12.4 Å². The number of anilines is 1. The number of ether oxygens (including phenoxy) is 2. The van der Waals surface area contributed by atoms with E-state index in [0.717, 1.165) is 0 Å². The second-order valence-corrected chi connectivity index (χ2v) is 9.27. The minimum absolute atomic E-state index is 0.0604. The molecule has 0 spiro atoms. The molecular formula is C21H21Cl2N5O4S2. The summed E-state index contributed by atoms with van der Waals surface area (Å²) in [4.78, 5) is 28.2. The van der Waals surface area contributed by atoms with Crippen molar-refractivity contribution < 1.29 is 19.1 Å². The zero-order chi connectivity index (χ0) is 24.5. The second kappa shape index (κ2) is 12.7. The second-order valence-electron chi connectivity index (χ2n) is 6.62. The number of thiazole rings is 1. The van der Waals surface area contributed by atoms with Crippen LogP contribution in [0.2, 0.25) is 10.0 Å². The highest BCUT2D eigenvalue weighted by Gasteiger charge is 2.16. The van der Waals surface area contributed by atoms with Crippen LogP contribution in [0.5, 0.6) is 5.75 Å². The Morgan fingerprint density at radius 1 is 1.32 bits per heavy atom. The average molecular weight is 542 g/mol. The third-order valence-electron chi connectivity index (χ3n) is 4.12. The maximum atomic E-state index is 12.4. The molecule has 0 bridgehead atoms. The number of allylic oxidation sites excluding steroid dienone is 1. The maximum absolute atomic E-state index is 12.4. The van der Waals surface area contributed by atoms with Gasteiger partial charge in [-0.1, -0.05) is 41.0 Å². The Morgan fingerprint density at radius 2 is 2.15 bits per heavy atom. The summed E-state index contributed by atoms with van der Waals surface area (Å²) in [6.07, 6.45) is 1.76. The number of carbonyl (C=O) groups excluding carboxylic acids is 2. The first-order chi connectivity index (χ1) is 16.4. The van der Waals surface area contributed by atoms with Crippen LogP contribution < -0.4 is 10.1 Å². The van der Waals surface area contributed by atoms with Crippen LogP contribution in [-0.2, 0) is 33.9 Å². The van der Waals surface area contributed by atoms with E-state index in [1.807, 2.05) is 0 Å². The molecule has 1 amide bonds. The van der Waals surface area contributed by atoms with Crippen LogP contribution >= 0.6 is 46.3 Å².